The van der Waals surface area contributed by atoms with Gasteiger partial charge in [-0.05, 0) is 35.0 Å². The molecule has 0 aliphatic heterocycles. The van der Waals surface area contributed by atoms with E-state index >= 15 is 0 Å². The Morgan fingerprint density at radius 1 is 1.10 bits per heavy atom. The van der Waals surface area contributed by atoms with Gasteiger partial charge < -0.3 is 14.9 Å². The van der Waals surface area contributed by atoms with Crippen molar-refractivity contribution in [2.45, 2.75) is 0 Å². The number of rotatable bonds is 4. The van der Waals surface area contributed by atoms with E-state index in [-0.39, 0.29) is 16.9 Å². The second-order valence-corrected chi connectivity index (χ2v) is 7.24. The van der Waals surface area contributed by atoms with E-state index in [0.29, 0.717) is 10.5 Å². The molecule has 0 aliphatic rings. The van der Waals surface area contributed by atoms with E-state index in [2.05, 4.69) is 4.98 Å². The van der Waals surface area contributed by atoms with Gasteiger partial charge in [0.15, 0.2) is 5.76 Å². The van der Waals surface area contributed by atoms with Crippen LogP contribution in [0.15, 0.2) is 66.4 Å². The number of hydrogen-bond acceptors (Lipinski definition) is 7. The first-order valence-corrected chi connectivity index (χ1v) is 9.45. The van der Waals surface area contributed by atoms with E-state index in [1.807, 2.05) is 54.6 Å². The lowest BCUT2D eigenvalue weighted by Crippen LogP contribution is -2.09. The molecule has 4 aromatic rings. The number of carbonyl (C=O) groups excluding carboxylic acids is 1. The van der Waals surface area contributed by atoms with Gasteiger partial charge in [-0.1, -0.05) is 36.4 Å². The van der Waals surface area contributed by atoms with Gasteiger partial charge in [0.25, 0.3) is 0 Å². The fraction of sp³-hybridized carbons (Fsp3) is 0.0455. The summed E-state index contributed by atoms with van der Waals surface area (Å²) < 4.78 is 5.99. The van der Waals surface area contributed by atoms with Crippen LogP contribution in [0.25, 0.3) is 26.6 Å². The second-order valence-electron chi connectivity index (χ2n) is 6.21. The highest BCUT2D eigenvalue weighted by molar-refractivity contribution is 7.19. The van der Waals surface area contributed by atoms with E-state index in [0.717, 1.165) is 15.5 Å². The summed E-state index contributed by atoms with van der Waals surface area (Å²) in [6.07, 6.45) is 0. The molecule has 0 saturated heterocycles. The molecule has 4 rings (SSSR count). The number of aliphatic hydroxyl groups excluding tert-OH is 1. The minimum Gasteiger partial charge on any atom is -0.507 e. The van der Waals surface area contributed by atoms with Crippen LogP contribution in [-0.2, 0) is 4.74 Å². The number of aliphatic hydroxyl groups is 1. The first-order chi connectivity index (χ1) is 14.1. The van der Waals surface area contributed by atoms with Gasteiger partial charge in [0.05, 0.1) is 10.2 Å². The summed E-state index contributed by atoms with van der Waals surface area (Å²) in [5.74, 6) is -1.43. The zero-order chi connectivity index (χ0) is 20.4. The van der Waals surface area contributed by atoms with Crippen LogP contribution in [-0.4, -0.2) is 27.8 Å². The third-order valence-corrected chi connectivity index (χ3v) is 5.39. The number of ether oxygens (including phenoxy) is 1. The fourth-order valence-electron chi connectivity index (χ4n) is 2.89. The zero-order valence-corrected chi connectivity index (χ0v) is 15.8. The number of thiazole rings is 1. The van der Waals surface area contributed by atoms with Crippen LogP contribution in [0.1, 0.15) is 15.4 Å². The number of aromatic hydroxyl groups is 1. The Bertz CT molecular complexity index is 1280. The highest BCUT2D eigenvalue weighted by Crippen LogP contribution is 2.29. The molecule has 7 heteroatoms. The highest BCUT2D eigenvalue weighted by atomic mass is 32.1. The number of phenolic OH excluding ortho intramolecular Hbond substituents is 1. The van der Waals surface area contributed by atoms with Gasteiger partial charge in [-0.2, -0.15) is 5.26 Å². The van der Waals surface area contributed by atoms with Crippen molar-refractivity contribution in [3.8, 4) is 11.8 Å². The number of allylic oxidation sites excluding steroid dienone is 1. The van der Waals surface area contributed by atoms with Gasteiger partial charge >= 0.3 is 5.97 Å². The van der Waals surface area contributed by atoms with Crippen LogP contribution >= 0.6 is 11.3 Å². The maximum absolute atomic E-state index is 12.4. The van der Waals surface area contributed by atoms with Gasteiger partial charge in [0.1, 0.15) is 34.6 Å². The Balaban J connectivity index is 1.57. The Morgan fingerprint density at radius 3 is 2.52 bits per heavy atom. The number of aromatic nitrogens is 1. The van der Waals surface area contributed by atoms with Crippen LogP contribution in [0.5, 0.6) is 5.75 Å². The molecule has 0 saturated carbocycles. The summed E-state index contributed by atoms with van der Waals surface area (Å²) in [7, 11) is 0. The number of fused-ring (bicyclic) bond motifs is 2. The maximum atomic E-state index is 12.4. The molecular weight excluding hydrogens is 388 g/mol. The molecule has 142 valence electrons. The molecule has 0 spiro atoms. The average molecular weight is 402 g/mol. The fourth-order valence-corrected chi connectivity index (χ4v) is 3.87. The molecule has 0 aliphatic carbocycles. The number of nitriles is 1. The standard InChI is InChI=1S/C22H14N2O4S/c23-11-16(21-24-17-7-3-4-8-20(17)29-21)19(26)12-28-22(27)15-9-13-5-1-2-6-14(13)10-18(15)25/h1-10,25-26H,12H2/b19-16-. The summed E-state index contributed by atoms with van der Waals surface area (Å²) in [6.45, 7) is -0.510. The number of phenols is 1. The summed E-state index contributed by atoms with van der Waals surface area (Å²) in [6, 6.07) is 19.5. The third kappa shape index (κ3) is 3.61. The number of carbonyl (C=O) groups is 1. The Morgan fingerprint density at radius 2 is 1.79 bits per heavy atom. The van der Waals surface area contributed by atoms with Gasteiger partial charge in [-0.15, -0.1) is 11.3 Å². The third-order valence-electron chi connectivity index (χ3n) is 4.33. The van der Waals surface area contributed by atoms with E-state index in [1.165, 1.54) is 23.5 Å². The van der Waals surface area contributed by atoms with Crippen molar-refractivity contribution in [3.05, 3.63) is 77.0 Å². The predicted molar refractivity (Wildman–Crippen MR) is 111 cm³/mol. The van der Waals surface area contributed by atoms with Crippen molar-refractivity contribution >= 4 is 43.9 Å². The van der Waals surface area contributed by atoms with Crippen molar-refractivity contribution in [1.29, 1.82) is 5.26 Å². The van der Waals surface area contributed by atoms with Gasteiger partial charge in [0.2, 0.25) is 0 Å². The van der Waals surface area contributed by atoms with Gasteiger partial charge in [-0.25, -0.2) is 9.78 Å². The number of para-hydroxylation sites is 1. The smallest absolute Gasteiger partial charge is 0.342 e. The quantitative estimate of drug-likeness (QED) is 0.289. The second kappa shape index (κ2) is 7.62. The van der Waals surface area contributed by atoms with Crippen LogP contribution < -0.4 is 0 Å². The zero-order valence-electron chi connectivity index (χ0n) is 15.0. The van der Waals surface area contributed by atoms with Crippen LogP contribution in [0.2, 0.25) is 0 Å². The molecule has 0 radical (unpaired) electrons. The Hall–Kier alpha value is -3.89. The maximum Gasteiger partial charge on any atom is 0.342 e. The van der Waals surface area contributed by atoms with E-state index in [4.69, 9.17) is 4.74 Å². The molecule has 0 fully saturated rings. The van der Waals surface area contributed by atoms with Crippen LogP contribution in [0.3, 0.4) is 0 Å². The molecule has 0 atom stereocenters. The minimum absolute atomic E-state index is 0.0185. The first kappa shape index (κ1) is 18.5. The summed E-state index contributed by atoms with van der Waals surface area (Å²) in [5, 5.41) is 31.8. The van der Waals surface area contributed by atoms with Crippen molar-refractivity contribution in [1.82, 2.24) is 4.98 Å². The Kier molecular flexibility index (Phi) is 4.85. The van der Waals surface area contributed by atoms with E-state index in [9.17, 15) is 20.3 Å². The lowest BCUT2D eigenvalue weighted by atomic mass is 10.1. The van der Waals surface area contributed by atoms with Crippen molar-refractivity contribution in [3.63, 3.8) is 0 Å². The number of benzene rings is 3. The molecule has 0 bridgehead atoms. The molecule has 1 heterocycles. The lowest BCUT2D eigenvalue weighted by Gasteiger charge is -2.08. The SMILES string of the molecule is N#C/C(=C(/O)COC(=O)c1cc2ccccc2cc1O)c1nc2ccccc2s1. The molecule has 0 amide bonds. The van der Waals surface area contributed by atoms with E-state index < -0.39 is 18.3 Å². The lowest BCUT2D eigenvalue weighted by molar-refractivity contribution is 0.0500. The van der Waals surface area contributed by atoms with E-state index in [1.54, 1.807) is 0 Å². The summed E-state index contributed by atoms with van der Waals surface area (Å²) >= 11 is 1.26. The van der Waals surface area contributed by atoms with Crippen molar-refractivity contribution in [2.24, 2.45) is 0 Å². The number of hydrogen-bond donors (Lipinski definition) is 2. The molecule has 2 N–H and O–H groups in total. The normalized spacial score (nSPS) is 11.8. The number of nitrogens with zero attached hydrogens (tertiary/aromatic N) is 2. The Labute approximate surface area is 169 Å². The molecule has 3 aromatic carbocycles. The molecule has 0 unspecified atom stereocenters. The summed E-state index contributed by atoms with van der Waals surface area (Å²) in [4.78, 5) is 16.7. The predicted octanol–water partition coefficient (Wildman–Crippen LogP) is 4.80. The molecule has 6 nitrogen and oxygen atoms in total. The van der Waals surface area contributed by atoms with Crippen molar-refractivity contribution in [2.75, 3.05) is 6.61 Å². The average Bonchev–Trinajstić information content (AvgIpc) is 3.15. The largest absolute Gasteiger partial charge is 0.507 e. The minimum atomic E-state index is -0.804. The van der Waals surface area contributed by atoms with Crippen molar-refractivity contribution < 1.29 is 19.7 Å². The highest BCUT2D eigenvalue weighted by Gasteiger charge is 2.18. The molecule has 1 aromatic heterocycles. The van der Waals surface area contributed by atoms with Gasteiger partial charge in [-0.3, -0.25) is 0 Å². The monoisotopic (exact) mass is 402 g/mol. The van der Waals surface area contributed by atoms with Crippen LogP contribution in [0, 0.1) is 11.3 Å². The summed E-state index contributed by atoms with van der Waals surface area (Å²) in [5.41, 5.74) is 0.642. The van der Waals surface area contributed by atoms with Gasteiger partial charge in [0, 0.05) is 0 Å². The van der Waals surface area contributed by atoms with Crippen LogP contribution in [0.4, 0.5) is 0 Å². The topological polar surface area (TPSA) is 103 Å². The number of esters is 1. The first-order valence-electron chi connectivity index (χ1n) is 8.64. The molecular formula is C22H14N2O4S. The molecule has 29 heavy (non-hydrogen) atoms.